The third-order valence-corrected chi connectivity index (χ3v) is 8.73. The van der Waals surface area contributed by atoms with Crippen LogP contribution >= 0.6 is 11.3 Å². The molecule has 0 bridgehead atoms. The van der Waals surface area contributed by atoms with Crippen molar-refractivity contribution < 1.29 is 4.74 Å². The van der Waals surface area contributed by atoms with E-state index in [4.69, 9.17) is 14.7 Å². The summed E-state index contributed by atoms with van der Waals surface area (Å²) >= 11 is 1.60. The topological polar surface area (TPSA) is 70.1 Å². The molecule has 0 aliphatic heterocycles. The quantitative estimate of drug-likeness (QED) is 0.213. The number of para-hydroxylation sites is 2. The summed E-state index contributed by atoms with van der Waals surface area (Å²) in [6.45, 7) is 6.61. The summed E-state index contributed by atoms with van der Waals surface area (Å²) in [6, 6.07) is 33.1. The molecule has 0 spiro atoms. The molecule has 5 aromatic heterocycles. The van der Waals surface area contributed by atoms with E-state index in [1.165, 1.54) is 10.8 Å². The Morgan fingerprint density at radius 1 is 0.714 bits per heavy atom. The lowest BCUT2D eigenvalue weighted by Gasteiger charge is -2.21. The van der Waals surface area contributed by atoms with E-state index in [0.717, 1.165) is 48.8 Å². The number of ether oxygens (including phenoxy) is 1. The van der Waals surface area contributed by atoms with Crippen molar-refractivity contribution in [3.63, 3.8) is 0 Å². The van der Waals surface area contributed by atoms with Crippen molar-refractivity contribution in [1.29, 1.82) is 0 Å². The molecule has 0 saturated heterocycles. The first-order valence-corrected chi connectivity index (χ1v) is 14.6. The average Bonchev–Trinajstić information content (AvgIpc) is 3.68. The zero-order valence-electron chi connectivity index (χ0n) is 23.3. The average molecular weight is 567 g/mol. The van der Waals surface area contributed by atoms with Gasteiger partial charge >= 0.3 is 0 Å². The molecule has 42 heavy (non-hydrogen) atoms. The number of aromatic nitrogens is 6. The third kappa shape index (κ3) is 3.94. The first kappa shape index (κ1) is 24.7. The predicted octanol–water partition coefficient (Wildman–Crippen LogP) is 8.59. The Bertz CT molecular complexity index is 2230. The van der Waals surface area contributed by atoms with Gasteiger partial charge in [0.1, 0.15) is 12.1 Å². The Morgan fingerprint density at radius 3 is 2.19 bits per heavy atom. The molecule has 7 nitrogen and oxygen atoms in total. The Kier molecular flexibility index (Phi) is 5.42. The summed E-state index contributed by atoms with van der Waals surface area (Å²) < 4.78 is 11.8. The zero-order valence-corrected chi connectivity index (χ0v) is 24.1. The summed E-state index contributed by atoms with van der Waals surface area (Å²) in [5.41, 5.74) is 6.12. The summed E-state index contributed by atoms with van der Waals surface area (Å²) in [5, 5.41) is 10.7. The van der Waals surface area contributed by atoms with E-state index in [1.807, 2.05) is 34.7 Å². The van der Waals surface area contributed by atoms with Crippen LogP contribution in [0.5, 0.6) is 11.8 Å². The SMILES string of the molecule is CC(C)(C)c1cc(Oc2cccc(-c3cccc4c3sc3nncn34)n2)nc(-n2c3ccccc3c3ccccc32)c1. The second-order valence-corrected chi connectivity index (χ2v) is 12.4. The van der Waals surface area contributed by atoms with Gasteiger partial charge in [-0.3, -0.25) is 8.97 Å². The van der Waals surface area contributed by atoms with Gasteiger partial charge in [0.2, 0.25) is 16.7 Å². The number of thiazole rings is 1. The highest BCUT2D eigenvalue weighted by atomic mass is 32.1. The summed E-state index contributed by atoms with van der Waals surface area (Å²) in [6.07, 6.45) is 1.74. The molecular formula is C34H26N6OS. The number of fused-ring (bicyclic) bond motifs is 6. The van der Waals surface area contributed by atoms with E-state index >= 15 is 0 Å². The number of rotatable bonds is 4. The number of nitrogens with zero attached hydrogens (tertiary/aromatic N) is 6. The second-order valence-electron chi connectivity index (χ2n) is 11.4. The van der Waals surface area contributed by atoms with Gasteiger partial charge in [-0.1, -0.05) is 86.7 Å². The molecule has 0 atom stereocenters. The van der Waals surface area contributed by atoms with Gasteiger partial charge in [0.25, 0.3) is 0 Å². The molecular weight excluding hydrogens is 540 g/mol. The molecule has 0 aliphatic carbocycles. The van der Waals surface area contributed by atoms with Gasteiger partial charge in [-0.15, -0.1) is 10.2 Å². The van der Waals surface area contributed by atoms with Crippen LogP contribution in [0.3, 0.4) is 0 Å². The molecule has 8 heteroatoms. The van der Waals surface area contributed by atoms with Gasteiger partial charge < -0.3 is 4.74 Å². The maximum Gasteiger partial charge on any atom is 0.223 e. The molecule has 5 heterocycles. The molecule has 0 N–H and O–H groups in total. The first-order chi connectivity index (χ1) is 20.4. The van der Waals surface area contributed by atoms with Crippen molar-refractivity contribution in [1.82, 2.24) is 29.1 Å². The fourth-order valence-electron chi connectivity index (χ4n) is 5.56. The molecule has 0 saturated carbocycles. The Morgan fingerprint density at radius 2 is 1.43 bits per heavy atom. The molecule has 0 amide bonds. The number of hydrogen-bond donors (Lipinski definition) is 0. The third-order valence-electron chi connectivity index (χ3n) is 7.64. The largest absolute Gasteiger partial charge is 0.421 e. The number of benzene rings is 3. The molecule has 8 aromatic rings. The van der Waals surface area contributed by atoms with Crippen molar-refractivity contribution in [2.24, 2.45) is 0 Å². The summed E-state index contributed by atoms with van der Waals surface area (Å²) in [5.74, 6) is 1.80. The van der Waals surface area contributed by atoms with Crippen LogP contribution in [0.2, 0.25) is 0 Å². The van der Waals surface area contributed by atoms with Gasteiger partial charge in [0.05, 0.1) is 26.9 Å². The summed E-state index contributed by atoms with van der Waals surface area (Å²) in [4.78, 5) is 10.8. The van der Waals surface area contributed by atoms with Crippen molar-refractivity contribution in [3.05, 3.63) is 109 Å². The number of hydrogen-bond acceptors (Lipinski definition) is 6. The van der Waals surface area contributed by atoms with Gasteiger partial charge in [0.15, 0.2) is 0 Å². The minimum atomic E-state index is -0.120. The van der Waals surface area contributed by atoms with Crippen molar-refractivity contribution in [3.8, 4) is 28.8 Å². The fourth-order valence-corrected chi connectivity index (χ4v) is 6.63. The Labute approximate surface area is 245 Å². The smallest absolute Gasteiger partial charge is 0.223 e. The van der Waals surface area contributed by atoms with E-state index < -0.39 is 0 Å². The minimum Gasteiger partial charge on any atom is -0.421 e. The van der Waals surface area contributed by atoms with Crippen molar-refractivity contribution in [2.45, 2.75) is 26.2 Å². The second kappa shape index (κ2) is 9.22. The highest BCUT2D eigenvalue weighted by Crippen LogP contribution is 2.37. The van der Waals surface area contributed by atoms with Crippen LogP contribution in [0, 0.1) is 0 Å². The van der Waals surface area contributed by atoms with Crippen LogP contribution in [0.4, 0.5) is 0 Å². The van der Waals surface area contributed by atoms with Crippen LogP contribution in [0.25, 0.3) is 54.1 Å². The Balaban J connectivity index is 1.25. The molecule has 3 aromatic carbocycles. The number of pyridine rings is 2. The van der Waals surface area contributed by atoms with Crippen molar-refractivity contribution >= 4 is 48.3 Å². The molecule has 0 radical (unpaired) electrons. The van der Waals surface area contributed by atoms with Crippen LogP contribution in [0.1, 0.15) is 26.3 Å². The lowest BCUT2D eigenvalue weighted by molar-refractivity contribution is 0.441. The van der Waals surface area contributed by atoms with E-state index in [1.54, 1.807) is 17.7 Å². The maximum atomic E-state index is 6.44. The monoisotopic (exact) mass is 566 g/mol. The van der Waals surface area contributed by atoms with Gasteiger partial charge in [0, 0.05) is 28.5 Å². The van der Waals surface area contributed by atoms with Crippen LogP contribution < -0.4 is 4.74 Å². The maximum absolute atomic E-state index is 6.44. The molecule has 8 rings (SSSR count). The predicted molar refractivity (Wildman–Crippen MR) is 169 cm³/mol. The minimum absolute atomic E-state index is 0.120. The molecule has 204 valence electrons. The van der Waals surface area contributed by atoms with E-state index in [9.17, 15) is 0 Å². The van der Waals surface area contributed by atoms with E-state index in [2.05, 4.69) is 102 Å². The van der Waals surface area contributed by atoms with Gasteiger partial charge in [-0.05, 0) is 41.3 Å². The lowest BCUT2D eigenvalue weighted by Crippen LogP contribution is -2.13. The molecule has 0 unspecified atom stereocenters. The van der Waals surface area contributed by atoms with Crippen LogP contribution in [-0.4, -0.2) is 29.1 Å². The zero-order chi connectivity index (χ0) is 28.4. The Hall–Kier alpha value is -5.08. The lowest BCUT2D eigenvalue weighted by atomic mass is 9.87. The van der Waals surface area contributed by atoms with Crippen molar-refractivity contribution in [2.75, 3.05) is 0 Å². The highest BCUT2D eigenvalue weighted by molar-refractivity contribution is 7.24. The standard InChI is InChI=1S/C34H26N6OS/c1-34(2,3)21-18-29(40-26-14-6-4-10-22(26)23-11-5-7-15-27(23)40)37-31(19-21)41-30-17-9-13-25(36-30)24-12-8-16-28-32(24)42-33-38-35-20-39(28)33/h4-20H,1-3H3. The van der Waals surface area contributed by atoms with Gasteiger partial charge in [-0.2, -0.15) is 4.98 Å². The first-order valence-electron chi connectivity index (χ1n) is 13.8. The van der Waals surface area contributed by atoms with E-state index in [0.29, 0.717) is 11.8 Å². The van der Waals surface area contributed by atoms with E-state index in [-0.39, 0.29) is 5.41 Å². The molecule has 0 fully saturated rings. The fraction of sp³-hybridized carbons (Fsp3) is 0.118. The highest BCUT2D eigenvalue weighted by Gasteiger charge is 2.20. The van der Waals surface area contributed by atoms with Gasteiger partial charge in [-0.25, -0.2) is 4.98 Å². The normalized spacial score (nSPS) is 12.2. The van der Waals surface area contributed by atoms with Crippen LogP contribution in [-0.2, 0) is 5.41 Å². The van der Waals surface area contributed by atoms with Crippen LogP contribution in [0.15, 0.2) is 103 Å². The summed E-state index contributed by atoms with van der Waals surface area (Å²) in [7, 11) is 0. The molecule has 0 aliphatic rings.